The molecular weight excluding hydrogens is 218 g/mol. The number of carboxylic acids is 1. The summed E-state index contributed by atoms with van der Waals surface area (Å²) in [5.74, 6) is -1.23. The highest BCUT2D eigenvalue weighted by Gasteiger charge is 2.17. The number of aliphatic carboxylic acids is 1. The molecule has 4 heteroatoms. The Morgan fingerprint density at radius 2 is 2.00 bits per heavy atom. The number of benzene rings is 1. The Balaban J connectivity index is 2.66. The average Bonchev–Trinajstić information content (AvgIpc) is 2.53. The van der Waals surface area contributed by atoms with Gasteiger partial charge in [-0.2, -0.15) is 0 Å². The van der Waals surface area contributed by atoms with Crippen molar-refractivity contribution in [2.45, 2.75) is 20.0 Å². The van der Waals surface area contributed by atoms with Crippen LogP contribution in [-0.2, 0) is 11.8 Å². The quantitative estimate of drug-likeness (QED) is 0.832. The Morgan fingerprint density at radius 3 is 2.59 bits per heavy atom. The SMILES string of the molecule is Cc1c(C)n(C)c2ccc(C(O)C(=O)O)cc12. The van der Waals surface area contributed by atoms with E-state index in [1.807, 2.05) is 27.0 Å². The van der Waals surface area contributed by atoms with Crippen LogP contribution in [-0.4, -0.2) is 20.7 Å². The Kier molecular flexibility index (Phi) is 2.67. The molecule has 2 aromatic rings. The summed E-state index contributed by atoms with van der Waals surface area (Å²) >= 11 is 0. The monoisotopic (exact) mass is 233 g/mol. The van der Waals surface area contributed by atoms with Crippen LogP contribution in [0.5, 0.6) is 0 Å². The van der Waals surface area contributed by atoms with Gasteiger partial charge in [0.2, 0.25) is 0 Å². The van der Waals surface area contributed by atoms with Gasteiger partial charge >= 0.3 is 5.97 Å². The molecule has 4 nitrogen and oxygen atoms in total. The van der Waals surface area contributed by atoms with Crippen molar-refractivity contribution >= 4 is 16.9 Å². The molecule has 1 aromatic heterocycles. The number of rotatable bonds is 2. The molecule has 17 heavy (non-hydrogen) atoms. The molecule has 2 rings (SSSR count). The van der Waals surface area contributed by atoms with E-state index in [1.54, 1.807) is 12.1 Å². The third-order valence-electron chi connectivity index (χ3n) is 3.38. The molecule has 0 aliphatic carbocycles. The maximum absolute atomic E-state index is 10.7. The average molecular weight is 233 g/mol. The molecule has 0 saturated carbocycles. The van der Waals surface area contributed by atoms with Gasteiger partial charge in [0.1, 0.15) is 0 Å². The molecule has 0 aliphatic rings. The van der Waals surface area contributed by atoms with Crippen molar-refractivity contribution in [3.05, 3.63) is 35.0 Å². The van der Waals surface area contributed by atoms with E-state index in [0.29, 0.717) is 5.56 Å². The number of aryl methyl sites for hydroxylation is 2. The molecule has 0 aliphatic heterocycles. The van der Waals surface area contributed by atoms with Gasteiger partial charge in [0.15, 0.2) is 6.10 Å². The largest absolute Gasteiger partial charge is 0.479 e. The molecule has 0 fully saturated rings. The Hall–Kier alpha value is -1.81. The number of carboxylic acid groups (broad SMARTS) is 1. The molecular formula is C13H15NO3. The highest BCUT2D eigenvalue weighted by atomic mass is 16.4. The number of carbonyl (C=O) groups is 1. The van der Waals surface area contributed by atoms with Gasteiger partial charge in [-0.1, -0.05) is 6.07 Å². The van der Waals surface area contributed by atoms with Crippen molar-refractivity contribution in [1.29, 1.82) is 0 Å². The van der Waals surface area contributed by atoms with Gasteiger partial charge in [-0.25, -0.2) is 4.79 Å². The van der Waals surface area contributed by atoms with Crippen LogP contribution in [0.3, 0.4) is 0 Å². The first kappa shape index (κ1) is 11.7. The maximum Gasteiger partial charge on any atom is 0.337 e. The predicted octanol–water partition coefficient (Wildman–Crippen LogP) is 1.91. The topological polar surface area (TPSA) is 62.5 Å². The van der Waals surface area contributed by atoms with Gasteiger partial charge < -0.3 is 14.8 Å². The Labute approximate surface area is 99.1 Å². The fourth-order valence-corrected chi connectivity index (χ4v) is 2.09. The highest BCUT2D eigenvalue weighted by Crippen LogP contribution is 2.27. The number of nitrogens with zero attached hydrogens (tertiary/aromatic N) is 1. The lowest BCUT2D eigenvalue weighted by Gasteiger charge is -2.06. The molecule has 1 atom stereocenters. The van der Waals surface area contributed by atoms with Crippen molar-refractivity contribution in [1.82, 2.24) is 4.57 Å². The van der Waals surface area contributed by atoms with E-state index in [4.69, 9.17) is 5.11 Å². The minimum Gasteiger partial charge on any atom is -0.479 e. The molecule has 0 spiro atoms. The second-order valence-electron chi connectivity index (χ2n) is 4.29. The second-order valence-corrected chi connectivity index (χ2v) is 4.29. The summed E-state index contributed by atoms with van der Waals surface area (Å²) in [7, 11) is 1.97. The smallest absolute Gasteiger partial charge is 0.337 e. The Morgan fingerprint density at radius 1 is 1.35 bits per heavy atom. The van der Waals surface area contributed by atoms with Crippen molar-refractivity contribution in [2.24, 2.45) is 7.05 Å². The maximum atomic E-state index is 10.7. The van der Waals surface area contributed by atoms with Gasteiger partial charge in [0.05, 0.1) is 0 Å². The summed E-state index contributed by atoms with van der Waals surface area (Å²) in [6, 6.07) is 5.24. The zero-order chi connectivity index (χ0) is 12.7. The van der Waals surface area contributed by atoms with Gasteiger partial charge in [0, 0.05) is 23.6 Å². The molecule has 0 amide bonds. The van der Waals surface area contributed by atoms with Gasteiger partial charge in [-0.3, -0.25) is 0 Å². The van der Waals surface area contributed by atoms with Crippen LogP contribution in [0.25, 0.3) is 10.9 Å². The van der Waals surface area contributed by atoms with Crippen LogP contribution in [0.15, 0.2) is 18.2 Å². The zero-order valence-corrected chi connectivity index (χ0v) is 10.1. The third-order valence-corrected chi connectivity index (χ3v) is 3.38. The second kappa shape index (κ2) is 3.89. The fraction of sp³-hybridized carbons (Fsp3) is 0.308. The fourth-order valence-electron chi connectivity index (χ4n) is 2.09. The lowest BCUT2D eigenvalue weighted by molar-refractivity contribution is -0.146. The van der Waals surface area contributed by atoms with E-state index in [9.17, 15) is 9.90 Å². The summed E-state index contributed by atoms with van der Waals surface area (Å²) < 4.78 is 2.06. The molecule has 1 heterocycles. The molecule has 90 valence electrons. The summed E-state index contributed by atoms with van der Waals surface area (Å²) in [5, 5.41) is 19.3. The summed E-state index contributed by atoms with van der Waals surface area (Å²) in [5.41, 5.74) is 3.71. The molecule has 2 N–H and O–H groups in total. The van der Waals surface area contributed by atoms with Crippen molar-refractivity contribution in [3.63, 3.8) is 0 Å². The number of hydrogen-bond acceptors (Lipinski definition) is 2. The van der Waals surface area contributed by atoms with Crippen LogP contribution < -0.4 is 0 Å². The zero-order valence-electron chi connectivity index (χ0n) is 10.1. The summed E-state index contributed by atoms with van der Waals surface area (Å²) in [6.07, 6.45) is -1.46. The minimum absolute atomic E-state index is 0.415. The van der Waals surface area contributed by atoms with Crippen LogP contribution in [0.2, 0.25) is 0 Å². The number of fused-ring (bicyclic) bond motifs is 1. The summed E-state index contributed by atoms with van der Waals surface area (Å²) in [4.78, 5) is 10.7. The van der Waals surface area contributed by atoms with E-state index < -0.39 is 12.1 Å². The van der Waals surface area contributed by atoms with Crippen molar-refractivity contribution in [3.8, 4) is 0 Å². The molecule has 0 radical (unpaired) electrons. The van der Waals surface area contributed by atoms with Gasteiger partial charge in [-0.05, 0) is 37.1 Å². The highest BCUT2D eigenvalue weighted by molar-refractivity contribution is 5.87. The first-order valence-corrected chi connectivity index (χ1v) is 5.40. The number of aliphatic hydroxyl groups is 1. The van der Waals surface area contributed by atoms with Crippen molar-refractivity contribution in [2.75, 3.05) is 0 Å². The van der Waals surface area contributed by atoms with E-state index in [0.717, 1.165) is 22.2 Å². The molecule has 1 aromatic carbocycles. The van der Waals surface area contributed by atoms with Crippen LogP contribution >= 0.6 is 0 Å². The van der Waals surface area contributed by atoms with Crippen LogP contribution in [0.4, 0.5) is 0 Å². The first-order chi connectivity index (χ1) is 7.93. The van der Waals surface area contributed by atoms with E-state index in [2.05, 4.69) is 4.57 Å². The molecule has 0 bridgehead atoms. The molecule has 0 saturated heterocycles. The van der Waals surface area contributed by atoms with E-state index in [-0.39, 0.29) is 0 Å². The normalized spacial score (nSPS) is 12.9. The standard InChI is InChI=1S/C13H15NO3/c1-7-8(2)14(3)11-5-4-9(6-10(7)11)12(15)13(16)17/h4-6,12,15H,1-3H3,(H,16,17). The van der Waals surface area contributed by atoms with E-state index in [1.165, 1.54) is 0 Å². The van der Waals surface area contributed by atoms with Crippen LogP contribution in [0.1, 0.15) is 22.9 Å². The molecule has 1 unspecified atom stereocenters. The number of aromatic nitrogens is 1. The van der Waals surface area contributed by atoms with Crippen LogP contribution in [0, 0.1) is 13.8 Å². The van der Waals surface area contributed by atoms with Gasteiger partial charge in [0.25, 0.3) is 0 Å². The van der Waals surface area contributed by atoms with Gasteiger partial charge in [-0.15, -0.1) is 0 Å². The van der Waals surface area contributed by atoms with Crippen molar-refractivity contribution < 1.29 is 15.0 Å². The minimum atomic E-state index is -1.46. The number of aliphatic hydroxyl groups excluding tert-OH is 1. The third kappa shape index (κ3) is 1.70. The first-order valence-electron chi connectivity index (χ1n) is 5.40. The van der Waals surface area contributed by atoms with E-state index >= 15 is 0 Å². The summed E-state index contributed by atoms with van der Waals surface area (Å²) in [6.45, 7) is 4.01. The lowest BCUT2D eigenvalue weighted by Crippen LogP contribution is -2.10. The number of hydrogen-bond donors (Lipinski definition) is 2. The predicted molar refractivity (Wildman–Crippen MR) is 65.0 cm³/mol. The lowest BCUT2D eigenvalue weighted by atomic mass is 10.1. The Bertz CT molecular complexity index is 598.